The van der Waals surface area contributed by atoms with Crippen LogP contribution in [0.2, 0.25) is 0 Å². The van der Waals surface area contributed by atoms with Crippen LogP contribution in [0.1, 0.15) is 29.8 Å². The Balaban J connectivity index is 3.17. The third kappa shape index (κ3) is 2.05. The SMILES string of the molecule is CCOc1cccc(C(=O)O)c1CC. The number of ether oxygens (including phenoxy) is 1. The molecule has 1 aromatic rings. The van der Waals surface area contributed by atoms with E-state index in [1.165, 1.54) is 0 Å². The number of rotatable bonds is 4. The number of carboxylic acids is 1. The highest BCUT2D eigenvalue weighted by atomic mass is 16.5. The summed E-state index contributed by atoms with van der Waals surface area (Å²) >= 11 is 0. The van der Waals surface area contributed by atoms with Gasteiger partial charge in [0.2, 0.25) is 0 Å². The van der Waals surface area contributed by atoms with Crippen molar-refractivity contribution < 1.29 is 14.6 Å². The lowest BCUT2D eigenvalue weighted by Gasteiger charge is -2.10. The fourth-order valence-electron chi connectivity index (χ4n) is 1.42. The topological polar surface area (TPSA) is 46.5 Å². The summed E-state index contributed by atoms with van der Waals surface area (Å²) in [5.41, 5.74) is 1.10. The van der Waals surface area contributed by atoms with E-state index in [2.05, 4.69) is 0 Å². The van der Waals surface area contributed by atoms with Gasteiger partial charge in [0.05, 0.1) is 12.2 Å². The number of benzene rings is 1. The summed E-state index contributed by atoms with van der Waals surface area (Å²) in [6, 6.07) is 5.10. The molecule has 0 atom stereocenters. The molecular weight excluding hydrogens is 180 g/mol. The molecule has 1 rings (SSSR count). The maximum absolute atomic E-state index is 10.9. The Morgan fingerprint density at radius 2 is 2.14 bits per heavy atom. The molecule has 0 saturated heterocycles. The van der Waals surface area contributed by atoms with Gasteiger partial charge in [0.1, 0.15) is 5.75 Å². The van der Waals surface area contributed by atoms with Crippen molar-refractivity contribution in [2.24, 2.45) is 0 Å². The van der Waals surface area contributed by atoms with Crippen LogP contribution in [0.3, 0.4) is 0 Å². The first-order chi connectivity index (χ1) is 6.70. The Labute approximate surface area is 83.3 Å². The molecule has 0 aromatic heterocycles. The van der Waals surface area contributed by atoms with E-state index >= 15 is 0 Å². The first-order valence-electron chi connectivity index (χ1n) is 4.68. The van der Waals surface area contributed by atoms with Crippen molar-refractivity contribution >= 4 is 5.97 Å². The molecule has 0 unspecified atom stereocenters. The predicted molar refractivity (Wildman–Crippen MR) is 53.9 cm³/mol. The highest BCUT2D eigenvalue weighted by Crippen LogP contribution is 2.23. The first kappa shape index (κ1) is 10.6. The van der Waals surface area contributed by atoms with Crippen molar-refractivity contribution in [1.29, 1.82) is 0 Å². The smallest absolute Gasteiger partial charge is 0.336 e. The molecular formula is C11H14O3. The minimum Gasteiger partial charge on any atom is -0.494 e. The number of hydrogen-bond donors (Lipinski definition) is 1. The van der Waals surface area contributed by atoms with Gasteiger partial charge in [0, 0.05) is 5.56 Å². The second-order valence-corrected chi connectivity index (χ2v) is 2.87. The molecule has 0 saturated carbocycles. The maximum atomic E-state index is 10.9. The van der Waals surface area contributed by atoms with Crippen molar-refractivity contribution in [3.8, 4) is 5.75 Å². The van der Waals surface area contributed by atoms with Gasteiger partial charge in [-0.05, 0) is 25.5 Å². The van der Waals surface area contributed by atoms with E-state index in [-0.39, 0.29) is 0 Å². The zero-order valence-electron chi connectivity index (χ0n) is 8.41. The van der Waals surface area contributed by atoms with Crippen molar-refractivity contribution in [2.75, 3.05) is 6.61 Å². The molecule has 0 aliphatic carbocycles. The van der Waals surface area contributed by atoms with E-state index in [1.807, 2.05) is 13.8 Å². The van der Waals surface area contributed by atoms with Crippen LogP contribution < -0.4 is 4.74 Å². The summed E-state index contributed by atoms with van der Waals surface area (Å²) < 4.78 is 5.36. The molecule has 0 aliphatic heterocycles. The van der Waals surface area contributed by atoms with Crippen LogP contribution in [0.5, 0.6) is 5.75 Å². The Hall–Kier alpha value is -1.51. The van der Waals surface area contributed by atoms with Gasteiger partial charge in [-0.25, -0.2) is 4.79 Å². The summed E-state index contributed by atoms with van der Waals surface area (Å²) in [7, 11) is 0. The second kappa shape index (κ2) is 4.65. The number of carboxylic acid groups (broad SMARTS) is 1. The average Bonchev–Trinajstić information content (AvgIpc) is 2.18. The zero-order valence-corrected chi connectivity index (χ0v) is 8.41. The molecule has 0 aliphatic rings. The Morgan fingerprint density at radius 3 is 2.64 bits per heavy atom. The van der Waals surface area contributed by atoms with Crippen molar-refractivity contribution in [3.63, 3.8) is 0 Å². The third-order valence-electron chi connectivity index (χ3n) is 2.02. The molecule has 76 valence electrons. The molecule has 0 fully saturated rings. The van der Waals surface area contributed by atoms with Crippen LogP contribution >= 0.6 is 0 Å². The molecule has 3 nitrogen and oxygen atoms in total. The minimum atomic E-state index is -0.900. The maximum Gasteiger partial charge on any atom is 0.336 e. The molecule has 0 heterocycles. The van der Waals surface area contributed by atoms with E-state index < -0.39 is 5.97 Å². The normalized spacial score (nSPS) is 9.86. The molecule has 0 amide bonds. The number of hydrogen-bond acceptors (Lipinski definition) is 2. The van der Waals surface area contributed by atoms with Crippen LogP contribution in [0, 0.1) is 0 Å². The Morgan fingerprint density at radius 1 is 1.43 bits per heavy atom. The highest BCUT2D eigenvalue weighted by Gasteiger charge is 2.12. The fourth-order valence-corrected chi connectivity index (χ4v) is 1.42. The molecule has 0 bridgehead atoms. The summed E-state index contributed by atoms with van der Waals surface area (Å²) in [5.74, 6) is -0.224. The number of carbonyl (C=O) groups is 1. The van der Waals surface area contributed by atoms with E-state index in [1.54, 1.807) is 18.2 Å². The third-order valence-corrected chi connectivity index (χ3v) is 2.02. The van der Waals surface area contributed by atoms with Gasteiger partial charge in [-0.1, -0.05) is 13.0 Å². The van der Waals surface area contributed by atoms with Gasteiger partial charge in [0.25, 0.3) is 0 Å². The standard InChI is InChI=1S/C11H14O3/c1-3-8-9(11(12)13)6-5-7-10(8)14-4-2/h5-7H,3-4H2,1-2H3,(H,12,13). The van der Waals surface area contributed by atoms with Gasteiger partial charge in [-0.15, -0.1) is 0 Å². The molecule has 1 N–H and O–H groups in total. The van der Waals surface area contributed by atoms with Gasteiger partial charge >= 0.3 is 5.97 Å². The van der Waals surface area contributed by atoms with E-state index in [0.717, 1.165) is 5.56 Å². The van der Waals surface area contributed by atoms with Crippen LogP contribution in [0.25, 0.3) is 0 Å². The van der Waals surface area contributed by atoms with Gasteiger partial charge in [-0.3, -0.25) is 0 Å². The van der Waals surface area contributed by atoms with Crippen LogP contribution in [-0.4, -0.2) is 17.7 Å². The van der Waals surface area contributed by atoms with Gasteiger partial charge < -0.3 is 9.84 Å². The van der Waals surface area contributed by atoms with Gasteiger partial charge in [0.15, 0.2) is 0 Å². The summed E-state index contributed by atoms with van der Waals surface area (Å²) in [4.78, 5) is 10.9. The Kier molecular flexibility index (Phi) is 3.51. The van der Waals surface area contributed by atoms with Gasteiger partial charge in [-0.2, -0.15) is 0 Å². The number of aromatic carboxylic acids is 1. The van der Waals surface area contributed by atoms with E-state index in [9.17, 15) is 4.79 Å². The van der Waals surface area contributed by atoms with E-state index in [0.29, 0.717) is 24.3 Å². The largest absolute Gasteiger partial charge is 0.494 e. The monoisotopic (exact) mass is 194 g/mol. The quantitative estimate of drug-likeness (QED) is 0.800. The molecule has 0 radical (unpaired) electrons. The molecule has 14 heavy (non-hydrogen) atoms. The lowest BCUT2D eigenvalue weighted by atomic mass is 10.0. The highest BCUT2D eigenvalue weighted by molar-refractivity contribution is 5.90. The molecule has 0 spiro atoms. The lowest BCUT2D eigenvalue weighted by molar-refractivity contribution is 0.0695. The van der Waals surface area contributed by atoms with Crippen molar-refractivity contribution in [1.82, 2.24) is 0 Å². The van der Waals surface area contributed by atoms with Crippen LogP contribution in [-0.2, 0) is 6.42 Å². The second-order valence-electron chi connectivity index (χ2n) is 2.87. The molecule has 3 heteroatoms. The van der Waals surface area contributed by atoms with E-state index in [4.69, 9.17) is 9.84 Å². The summed E-state index contributed by atoms with van der Waals surface area (Å²) in [6.45, 7) is 4.35. The molecule has 1 aromatic carbocycles. The average molecular weight is 194 g/mol. The van der Waals surface area contributed by atoms with Crippen LogP contribution in [0.15, 0.2) is 18.2 Å². The minimum absolute atomic E-state index is 0.332. The van der Waals surface area contributed by atoms with Crippen LogP contribution in [0.4, 0.5) is 0 Å². The summed E-state index contributed by atoms with van der Waals surface area (Å²) in [6.07, 6.45) is 0.664. The zero-order chi connectivity index (χ0) is 10.6. The first-order valence-corrected chi connectivity index (χ1v) is 4.68. The predicted octanol–water partition coefficient (Wildman–Crippen LogP) is 2.35. The Bertz CT molecular complexity index is 331. The van der Waals surface area contributed by atoms with Crippen molar-refractivity contribution in [2.45, 2.75) is 20.3 Å². The lowest BCUT2D eigenvalue weighted by Crippen LogP contribution is -2.04. The van der Waals surface area contributed by atoms with Crippen molar-refractivity contribution in [3.05, 3.63) is 29.3 Å². The summed E-state index contributed by atoms with van der Waals surface area (Å²) in [5, 5.41) is 8.93. The fraction of sp³-hybridized carbons (Fsp3) is 0.364.